The zero-order valence-electron chi connectivity index (χ0n) is 10.8. The number of nitrogens with zero attached hydrogens (tertiary/aromatic N) is 1. The number of morpholine rings is 1. The van der Waals surface area contributed by atoms with Gasteiger partial charge in [0, 0.05) is 25.0 Å². The fourth-order valence-corrected chi connectivity index (χ4v) is 2.34. The minimum Gasteiger partial charge on any atom is -0.373 e. The van der Waals surface area contributed by atoms with Gasteiger partial charge < -0.3 is 10.1 Å². The number of ether oxygens (including phenoxy) is 1. The molecule has 2 rings (SSSR count). The molecule has 3 heteroatoms. The molecule has 0 saturated carbocycles. The van der Waals surface area contributed by atoms with Gasteiger partial charge in [0.05, 0.1) is 12.2 Å². The molecular weight excluding hydrogens is 212 g/mol. The fraction of sp³-hybridized carbons (Fsp3) is 0.643. The van der Waals surface area contributed by atoms with Crippen LogP contribution in [0.5, 0.6) is 0 Å². The Bertz CT molecular complexity index is 359. The van der Waals surface area contributed by atoms with Crippen LogP contribution in [0.2, 0.25) is 0 Å². The van der Waals surface area contributed by atoms with E-state index in [1.165, 1.54) is 11.3 Å². The van der Waals surface area contributed by atoms with Gasteiger partial charge in [-0.2, -0.15) is 0 Å². The molecule has 1 atom stereocenters. The SMILES string of the molecule is Cc1cccnc1CCCC1(C)CNCCO1. The van der Waals surface area contributed by atoms with Crippen LogP contribution in [0.4, 0.5) is 0 Å². The third kappa shape index (κ3) is 3.51. The lowest BCUT2D eigenvalue weighted by Gasteiger charge is -2.34. The summed E-state index contributed by atoms with van der Waals surface area (Å²) in [7, 11) is 0. The summed E-state index contributed by atoms with van der Waals surface area (Å²) in [5.41, 5.74) is 2.53. The van der Waals surface area contributed by atoms with Crippen LogP contribution >= 0.6 is 0 Å². The Kier molecular flexibility index (Phi) is 4.13. The van der Waals surface area contributed by atoms with Crippen LogP contribution in [0.15, 0.2) is 18.3 Å². The number of hydrogen-bond donors (Lipinski definition) is 1. The van der Waals surface area contributed by atoms with E-state index in [1.807, 2.05) is 12.3 Å². The Balaban J connectivity index is 1.81. The largest absolute Gasteiger partial charge is 0.373 e. The highest BCUT2D eigenvalue weighted by atomic mass is 16.5. The molecule has 0 radical (unpaired) electrons. The number of aromatic nitrogens is 1. The van der Waals surface area contributed by atoms with Crippen LogP contribution in [0.1, 0.15) is 31.0 Å². The van der Waals surface area contributed by atoms with Crippen LogP contribution < -0.4 is 5.32 Å². The predicted octanol–water partition coefficient (Wildman–Crippen LogP) is 2.09. The molecule has 1 unspecified atom stereocenters. The van der Waals surface area contributed by atoms with Crippen LogP contribution in [0.3, 0.4) is 0 Å². The predicted molar refractivity (Wildman–Crippen MR) is 69.1 cm³/mol. The van der Waals surface area contributed by atoms with Gasteiger partial charge >= 0.3 is 0 Å². The van der Waals surface area contributed by atoms with Gasteiger partial charge in [-0.15, -0.1) is 0 Å². The summed E-state index contributed by atoms with van der Waals surface area (Å²) in [6.45, 7) is 7.11. The molecule has 0 bridgehead atoms. The number of aryl methyl sites for hydroxylation is 2. The zero-order chi connectivity index (χ0) is 12.1. The van der Waals surface area contributed by atoms with Crippen molar-refractivity contribution in [2.75, 3.05) is 19.7 Å². The highest BCUT2D eigenvalue weighted by Crippen LogP contribution is 2.20. The van der Waals surface area contributed by atoms with E-state index in [4.69, 9.17) is 4.74 Å². The van der Waals surface area contributed by atoms with Crippen molar-refractivity contribution in [3.63, 3.8) is 0 Å². The van der Waals surface area contributed by atoms with Crippen LogP contribution in [-0.4, -0.2) is 30.3 Å². The summed E-state index contributed by atoms with van der Waals surface area (Å²) in [6.07, 6.45) is 5.15. The fourth-order valence-electron chi connectivity index (χ4n) is 2.34. The smallest absolute Gasteiger partial charge is 0.0779 e. The molecule has 17 heavy (non-hydrogen) atoms. The van der Waals surface area contributed by atoms with Crippen molar-refractivity contribution in [1.29, 1.82) is 0 Å². The van der Waals surface area contributed by atoms with Gasteiger partial charge in [0.2, 0.25) is 0 Å². The van der Waals surface area contributed by atoms with Crippen LogP contribution in [-0.2, 0) is 11.2 Å². The van der Waals surface area contributed by atoms with Crippen molar-refractivity contribution in [2.45, 2.75) is 38.7 Å². The maximum absolute atomic E-state index is 5.85. The van der Waals surface area contributed by atoms with Gasteiger partial charge in [0.15, 0.2) is 0 Å². The highest BCUT2D eigenvalue weighted by molar-refractivity contribution is 5.17. The van der Waals surface area contributed by atoms with Crippen molar-refractivity contribution in [2.24, 2.45) is 0 Å². The number of nitrogens with one attached hydrogen (secondary N) is 1. The van der Waals surface area contributed by atoms with E-state index >= 15 is 0 Å². The van der Waals surface area contributed by atoms with Gasteiger partial charge in [-0.3, -0.25) is 4.98 Å². The third-order valence-electron chi connectivity index (χ3n) is 3.47. The molecule has 94 valence electrons. The summed E-state index contributed by atoms with van der Waals surface area (Å²) < 4.78 is 5.85. The van der Waals surface area contributed by atoms with Gasteiger partial charge in [0.1, 0.15) is 0 Å². The maximum atomic E-state index is 5.85. The summed E-state index contributed by atoms with van der Waals surface area (Å²) in [5.74, 6) is 0. The highest BCUT2D eigenvalue weighted by Gasteiger charge is 2.26. The minimum absolute atomic E-state index is 0.0148. The first-order chi connectivity index (χ1) is 8.20. The summed E-state index contributed by atoms with van der Waals surface area (Å²) in [5, 5.41) is 3.39. The van der Waals surface area contributed by atoms with E-state index in [1.54, 1.807) is 0 Å². The van der Waals surface area contributed by atoms with Crippen molar-refractivity contribution in [1.82, 2.24) is 10.3 Å². The summed E-state index contributed by atoms with van der Waals surface area (Å²) in [6, 6.07) is 4.12. The topological polar surface area (TPSA) is 34.2 Å². The number of rotatable bonds is 4. The molecule has 0 aliphatic carbocycles. The van der Waals surface area contributed by atoms with E-state index < -0.39 is 0 Å². The molecule has 1 aliphatic heterocycles. The standard InChI is InChI=1S/C14H22N2O/c1-12-5-4-8-16-13(12)6-3-7-14(2)11-15-9-10-17-14/h4-5,8,15H,3,6-7,9-11H2,1-2H3. The molecule has 1 aromatic heterocycles. The molecule has 3 nitrogen and oxygen atoms in total. The minimum atomic E-state index is 0.0148. The van der Waals surface area contributed by atoms with E-state index in [0.717, 1.165) is 39.0 Å². The van der Waals surface area contributed by atoms with Crippen LogP contribution in [0.25, 0.3) is 0 Å². The Morgan fingerprint density at radius 2 is 2.41 bits per heavy atom. The lowest BCUT2D eigenvalue weighted by Crippen LogP contribution is -2.47. The van der Waals surface area contributed by atoms with E-state index in [2.05, 4.69) is 30.2 Å². The van der Waals surface area contributed by atoms with E-state index in [-0.39, 0.29) is 5.60 Å². The van der Waals surface area contributed by atoms with Gasteiger partial charge in [-0.25, -0.2) is 0 Å². The monoisotopic (exact) mass is 234 g/mol. The molecule has 1 aromatic rings. The van der Waals surface area contributed by atoms with Crippen molar-refractivity contribution in [3.8, 4) is 0 Å². The van der Waals surface area contributed by atoms with E-state index in [0.29, 0.717) is 0 Å². The normalized spacial score (nSPS) is 24.8. The quantitative estimate of drug-likeness (QED) is 0.866. The first-order valence-corrected chi connectivity index (χ1v) is 6.45. The molecule has 2 heterocycles. The second-order valence-electron chi connectivity index (χ2n) is 5.10. The lowest BCUT2D eigenvalue weighted by atomic mass is 9.96. The second-order valence-corrected chi connectivity index (χ2v) is 5.10. The van der Waals surface area contributed by atoms with E-state index in [9.17, 15) is 0 Å². The number of hydrogen-bond acceptors (Lipinski definition) is 3. The Labute approximate surface area is 104 Å². The molecular formula is C14H22N2O. The van der Waals surface area contributed by atoms with Crippen molar-refractivity contribution < 1.29 is 4.74 Å². The molecule has 1 fully saturated rings. The average molecular weight is 234 g/mol. The first kappa shape index (κ1) is 12.5. The molecule has 1 N–H and O–H groups in total. The molecule has 1 saturated heterocycles. The van der Waals surface area contributed by atoms with Crippen molar-refractivity contribution in [3.05, 3.63) is 29.6 Å². The molecule has 0 spiro atoms. The summed E-state index contributed by atoms with van der Waals surface area (Å²) >= 11 is 0. The average Bonchev–Trinajstić information content (AvgIpc) is 2.32. The first-order valence-electron chi connectivity index (χ1n) is 6.45. The molecule has 1 aliphatic rings. The van der Waals surface area contributed by atoms with Crippen LogP contribution in [0, 0.1) is 6.92 Å². The molecule has 0 amide bonds. The Morgan fingerprint density at radius 3 is 3.12 bits per heavy atom. The summed E-state index contributed by atoms with van der Waals surface area (Å²) in [4.78, 5) is 4.43. The lowest BCUT2D eigenvalue weighted by molar-refractivity contribution is -0.0586. The maximum Gasteiger partial charge on any atom is 0.0779 e. The van der Waals surface area contributed by atoms with Gasteiger partial charge in [-0.05, 0) is 44.7 Å². The Morgan fingerprint density at radius 1 is 1.53 bits per heavy atom. The third-order valence-corrected chi connectivity index (χ3v) is 3.47. The number of pyridine rings is 1. The zero-order valence-corrected chi connectivity index (χ0v) is 10.8. The Hall–Kier alpha value is -0.930. The van der Waals surface area contributed by atoms with Gasteiger partial charge in [-0.1, -0.05) is 6.07 Å². The second kappa shape index (κ2) is 5.61. The molecule has 0 aromatic carbocycles. The van der Waals surface area contributed by atoms with Crippen molar-refractivity contribution >= 4 is 0 Å². The van der Waals surface area contributed by atoms with Gasteiger partial charge in [0.25, 0.3) is 0 Å².